The molecule has 2 rings (SSSR count). The van der Waals surface area contributed by atoms with E-state index < -0.39 is 0 Å². The maximum Gasteiger partial charge on any atom is 0.134 e. The Morgan fingerprint density at radius 3 is 3.00 bits per heavy atom. The van der Waals surface area contributed by atoms with Crippen LogP contribution in [0.1, 0.15) is 38.2 Å². The summed E-state index contributed by atoms with van der Waals surface area (Å²) >= 11 is 0. The molecule has 0 amide bonds. The van der Waals surface area contributed by atoms with E-state index in [0.717, 1.165) is 17.4 Å². The standard InChI is InChI=1S/C14H17O/c1-2-3-4-5-7-12-8-6-9-14-13(12)10-11-15-14/h6,8-9,11H,2-5,7H2,1H3. The fourth-order valence-electron chi connectivity index (χ4n) is 1.94. The van der Waals surface area contributed by atoms with Gasteiger partial charge in [-0.1, -0.05) is 38.3 Å². The van der Waals surface area contributed by atoms with Gasteiger partial charge in [0.15, 0.2) is 0 Å². The average molecular weight is 201 g/mol. The van der Waals surface area contributed by atoms with Crippen molar-refractivity contribution < 1.29 is 4.42 Å². The number of rotatable bonds is 5. The van der Waals surface area contributed by atoms with Crippen LogP contribution in [0.3, 0.4) is 0 Å². The minimum Gasteiger partial charge on any atom is -0.464 e. The summed E-state index contributed by atoms with van der Waals surface area (Å²) < 4.78 is 5.33. The van der Waals surface area contributed by atoms with Gasteiger partial charge in [0.05, 0.1) is 6.26 Å². The molecule has 0 aliphatic rings. The molecule has 0 bridgehead atoms. The number of fused-ring (bicyclic) bond motifs is 1. The first-order valence-corrected chi connectivity index (χ1v) is 5.78. The highest BCUT2D eigenvalue weighted by atomic mass is 16.3. The maximum absolute atomic E-state index is 5.33. The lowest BCUT2D eigenvalue weighted by molar-refractivity contribution is 0.615. The van der Waals surface area contributed by atoms with E-state index in [0.29, 0.717) is 0 Å². The Morgan fingerprint density at radius 2 is 2.13 bits per heavy atom. The Morgan fingerprint density at radius 1 is 1.20 bits per heavy atom. The molecular weight excluding hydrogens is 184 g/mol. The Labute approximate surface area is 91.1 Å². The topological polar surface area (TPSA) is 13.1 Å². The summed E-state index contributed by atoms with van der Waals surface area (Å²) in [5, 5.41) is 1.16. The number of benzene rings is 1. The molecule has 1 nitrogen and oxygen atoms in total. The van der Waals surface area contributed by atoms with Crippen molar-refractivity contribution in [2.45, 2.75) is 39.0 Å². The molecule has 0 fully saturated rings. The van der Waals surface area contributed by atoms with Gasteiger partial charge in [-0.2, -0.15) is 0 Å². The van der Waals surface area contributed by atoms with Crippen LogP contribution in [0, 0.1) is 6.07 Å². The highest BCUT2D eigenvalue weighted by Gasteiger charge is 2.02. The molecule has 0 saturated carbocycles. The molecule has 0 saturated heterocycles. The second-order valence-electron chi connectivity index (χ2n) is 3.98. The lowest BCUT2D eigenvalue weighted by atomic mass is 10.0. The average Bonchev–Trinajstić information content (AvgIpc) is 2.73. The molecule has 0 spiro atoms. The van der Waals surface area contributed by atoms with Crippen LogP contribution in [0.15, 0.2) is 28.9 Å². The molecule has 15 heavy (non-hydrogen) atoms. The third kappa shape index (κ3) is 2.41. The zero-order valence-electron chi connectivity index (χ0n) is 9.25. The fraction of sp³-hybridized carbons (Fsp3) is 0.429. The van der Waals surface area contributed by atoms with Crippen LogP contribution in [0.5, 0.6) is 0 Å². The van der Waals surface area contributed by atoms with E-state index in [1.807, 2.05) is 6.07 Å². The number of furan rings is 1. The molecule has 2 aromatic rings. The zero-order chi connectivity index (χ0) is 10.5. The van der Waals surface area contributed by atoms with Crippen molar-refractivity contribution in [1.29, 1.82) is 0 Å². The predicted molar refractivity (Wildman–Crippen MR) is 62.9 cm³/mol. The summed E-state index contributed by atoms with van der Waals surface area (Å²) in [6.07, 6.45) is 8.03. The van der Waals surface area contributed by atoms with Gasteiger partial charge in [-0.25, -0.2) is 0 Å². The Hall–Kier alpha value is -1.24. The fourth-order valence-corrected chi connectivity index (χ4v) is 1.94. The summed E-state index contributed by atoms with van der Waals surface area (Å²) in [6.45, 7) is 2.24. The first kappa shape index (κ1) is 10.3. The van der Waals surface area contributed by atoms with E-state index in [-0.39, 0.29) is 0 Å². The predicted octanol–water partition coefficient (Wildman–Crippen LogP) is 4.36. The third-order valence-corrected chi connectivity index (χ3v) is 2.80. The van der Waals surface area contributed by atoms with E-state index in [4.69, 9.17) is 4.42 Å². The molecule has 1 radical (unpaired) electrons. The van der Waals surface area contributed by atoms with Crippen LogP contribution >= 0.6 is 0 Å². The van der Waals surface area contributed by atoms with Crippen molar-refractivity contribution in [3.63, 3.8) is 0 Å². The normalized spacial score (nSPS) is 11.0. The minimum absolute atomic E-state index is 0.961. The lowest BCUT2D eigenvalue weighted by Gasteiger charge is -2.01. The highest BCUT2D eigenvalue weighted by Crippen LogP contribution is 2.21. The van der Waals surface area contributed by atoms with Crippen LogP contribution in [-0.2, 0) is 6.42 Å². The second-order valence-corrected chi connectivity index (χ2v) is 3.98. The molecule has 1 heterocycles. The van der Waals surface area contributed by atoms with Gasteiger partial charge < -0.3 is 4.42 Å². The second kappa shape index (κ2) is 5.01. The molecular formula is C14H17O. The van der Waals surface area contributed by atoms with Crippen LogP contribution < -0.4 is 0 Å². The van der Waals surface area contributed by atoms with Crippen LogP contribution in [0.4, 0.5) is 0 Å². The third-order valence-electron chi connectivity index (χ3n) is 2.80. The summed E-state index contributed by atoms with van der Waals surface area (Å²) in [7, 11) is 0. The summed E-state index contributed by atoms with van der Waals surface area (Å²) in [6, 6.07) is 9.41. The molecule has 0 N–H and O–H groups in total. The van der Waals surface area contributed by atoms with Gasteiger partial charge in [0.1, 0.15) is 5.58 Å². The Balaban J connectivity index is 2.04. The van der Waals surface area contributed by atoms with E-state index in [9.17, 15) is 0 Å². The van der Waals surface area contributed by atoms with Crippen LogP contribution in [-0.4, -0.2) is 0 Å². The monoisotopic (exact) mass is 201 g/mol. The lowest BCUT2D eigenvalue weighted by Crippen LogP contribution is -1.86. The number of hydrogen-bond acceptors (Lipinski definition) is 1. The number of unbranched alkanes of at least 4 members (excludes halogenated alkanes) is 3. The molecule has 1 aromatic heterocycles. The van der Waals surface area contributed by atoms with Crippen molar-refractivity contribution in [3.05, 3.63) is 36.1 Å². The van der Waals surface area contributed by atoms with Gasteiger partial charge in [0, 0.05) is 11.5 Å². The Bertz CT molecular complexity index is 414. The highest BCUT2D eigenvalue weighted by molar-refractivity contribution is 5.80. The molecule has 1 aromatic carbocycles. The van der Waals surface area contributed by atoms with E-state index in [1.54, 1.807) is 6.26 Å². The molecule has 79 valence electrons. The van der Waals surface area contributed by atoms with Gasteiger partial charge in [0.25, 0.3) is 0 Å². The molecule has 0 unspecified atom stereocenters. The van der Waals surface area contributed by atoms with E-state index >= 15 is 0 Å². The zero-order valence-corrected chi connectivity index (χ0v) is 9.25. The van der Waals surface area contributed by atoms with Crippen molar-refractivity contribution in [2.75, 3.05) is 0 Å². The van der Waals surface area contributed by atoms with Crippen molar-refractivity contribution >= 4 is 11.0 Å². The molecule has 0 aliphatic heterocycles. The van der Waals surface area contributed by atoms with Crippen molar-refractivity contribution in [3.8, 4) is 0 Å². The number of hydrogen-bond donors (Lipinski definition) is 0. The minimum atomic E-state index is 0.961. The number of aryl methyl sites for hydroxylation is 1. The van der Waals surface area contributed by atoms with Crippen molar-refractivity contribution in [2.24, 2.45) is 0 Å². The first-order valence-electron chi connectivity index (χ1n) is 5.78. The van der Waals surface area contributed by atoms with Gasteiger partial charge in [-0.05, 0) is 24.5 Å². The van der Waals surface area contributed by atoms with Gasteiger partial charge in [-0.15, -0.1) is 0 Å². The van der Waals surface area contributed by atoms with Gasteiger partial charge in [0.2, 0.25) is 0 Å². The Kier molecular flexibility index (Phi) is 3.44. The maximum atomic E-state index is 5.33. The van der Waals surface area contributed by atoms with E-state index in [2.05, 4.69) is 25.1 Å². The quantitative estimate of drug-likeness (QED) is 0.655. The molecule has 0 atom stereocenters. The van der Waals surface area contributed by atoms with Crippen LogP contribution in [0.2, 0.25) is 0 Å². The first-order chi connectivity index (χ1) is 7.42. The summed E-state index contributed by atoms with van der Waals surface area (Å²) in [5.41, 5.74) is 2.33. The van der Waals surface area contributed by atoms with Crippen molar-refractivity contribution in [1.82, 2.24) is 0 Å². The van der Waals surface area contributed by atoms with Gasteiger partial charge >= 0.3 is 0 Å². The largest absolute Gasteiger partial charge is 0.464 e. The smallest absolute Gasteiger partial charge is 0.134 e. The summed E-state index contributed by atoms with van der Waals surface area (Å²) in [4.78, 5) is 0. The van der Waals surface area contributed by atoms with E-state index in [1.165, 1.54) is 31.2 Å². The molecule has 0 aliphatic carbocycles. The summed E-state index contributed by atoms with van der Waals surface area (Å²) in [5.74, 6) is 0. The van der Waals surface area contributed by atoms with Gasteiger partial charge in [-0.3, -0.25) is 0 Å². The molecule has 1 heteroatoms. The SMILES string of the molecule is CCCCCCc1cccc2oc[c]c12. The van der Waals surface area contributed by atoms with Crippen LogP contribution in [0.25, 0.3) is 11.0 Å².